The molecule has 1 amide bonds. The zero-order valence-electron chi connectivity index (χ0n) is 13.7. The Labute approximate surface area is 158 Å². The van der Waals surface area contributed by atoms with E-state index in [9.17, 15) is 18.0 Å². The molecule has 1 aromatic carbocycles. The number of carbonyl (C=O) groups is 1. The van der Waals surface area contributed by atoms with Gasteiger partial charge in [0.25, 0.3) is 0 Å². The van der Waals surface area contributed by atoms with Crippen molar-refractivity contribution in [2.24, 2.45) is 0 Å². The fourth-order valence-electron chi connectivity index (χ4n) is 2.95. The molecule has 3 nitrogen and oxygen atoms in total. The molecule has 1 unspecified atom stereocenters. The van der Waals surface area contributed by atoms with Crippen molar-refractivity contribution in [2.45, 2.75) is 24.9 Å². The molecule has 1 atom stereocenters. The molecule has 0 aliphatic carbocycles. The topological polar surface area (TPSA) is 33.2 Å². The summed E-state index contributed by atoms with van der Waals surface area (Å²) in [7, 11) is 0. The molecule has 1 saturated heterocycles. The molecular formula is C18H16ClF3N2OS. The fraction of sp³-hybridized carbons (Fsp3) is 0.333. The highest BCUT2D eigenvalue weighted by Gasteiger charge is 2.33. The van der Waals surface area contributed by atoms with E-state index in [1.807, 2.05) is 5.38 Å². The summed E-state index contributed by atoms with van der Waals surface area (Å²) in [5, 5.41) is 2.57. The van der Waals surface area contributed by atoms with Gasteiger partial charge in [-0.2, -0.15) is 13.2 Å². The molecular weight excluding hydrogens is 385 g/mol. The molecule has 0 saturated carbocycles. The lowest BCUT2D eigenvalue weighted by molar-refractivity contribution is -0.137. The smallest absolute Gasteiger partial charge is 0.338 e. The molecule has 1 aliphatic rings. The first-order valence-electron chi connectivity index (χ1n) is 8.07. The molecule has 0 N–H and O–H groups in total. The second-order valence-corrected chi connectivity index (χ2v) is 7.40. The quantitative estimate of drug-likeness (QED) is 0.660. The van der Waals surface area contributed by atoms with E-state index < -0.39 is 11.7 Å². The Morgan fingerprint density at radius 3 is 2.88 bits per heavy atom. The number of piperidine rings is 1. The van der Waals surface area contributed by atoms with Crippen LogP contribution >= 0.6 is 22.9 Å². The van der Waals surface area contributed by atoms with Crippen molar-refractivity contribution in [3.05, 3.63) is 57.0 Å². The number of alkyl halides is 3. The Hall–Kier alpha value is -1.86. The van der Waals surface area contributed by atoms with Crippen LogP contribution in [0.4, 0.5) is 13.2 Å². The number of rotatable bonds is 3. The maximum absolute atomic E-state index is 12.9. The Bertz CT molecular complexity index is 805. The van der Waals surface area contributed by atoms with Gasteiger partial charge in [-0.15, -0.1) is 11.3 Å². The summed E-state index contributed by atoms with van der Waals surface area (Å²) in [6.07, 6.45) is 1.78. The molecule has 1 aromatic heterocycles. The van der Waals surface area contributed by atoms with E-state index in [1.54, 1.807) is 22.4 Å². The van der Waals surface area contributed by atoms with Crippen LogP contribution in [0.15, 0.2) is 35.9 Å². The molecule has 3 rings (SSSR count). The Morgan fingerprint density at radius 1 is 1.38 bits per heavy atom. The Morgan fingerprint density at radius 2 is 2.19 bits per heavy atom. The highest BCUT2D eigenvalue weighted by Crippen LogP contribution is 2.35. The highest BCUT2D eigenvalue weighted by atomic mass is 35.5. The number of amides is 1. The van der Waals surface area contributed by atoms with Gasteiger partial charge in [-0.3, -0.25) is 4.79 Å². The summed E-state index contributed by atoms with van der Waals surface area (Å²) in [5.74, 6) is 0.00299. The maximum Gasteiger partial charge on any atom is 0.417 e. The maximum atomic E-state index is 12.9. The summed E-state index contributed by atoms with van der Waals surface area (Å²) in [6.45, 7) is 1.21. The number of likely N-dealkylation sites (tertiary alicyclic amines) is 1. The number of benzene rings is 1. The molecule has 2 heterocycles. The van der Waals surface area contributed by atoms with Crippen molar-refractivity contribution < 1.29 is 18.0 Å². The molecule has 8 heteroatoms. The van der Waals surface area contributed by atoms with Crippen LogP contribution in [0.25, 0.3) is 6.08 Å². The summed E-state index contributed by atoms with van der Waals surface area (Å²) in [5.41, 5.74) is -0.626. The van der Waals surface area contributed by atoms with Gasteiger partial charge in [0.15, 0.2) is 0 Å². The minimum Gasteiger partial charge on any atom is -0.338 e. The van der Waals surface area contributed by atoms with Crippen molar-refractivity contribution >= 4 is 34.9 Å². The summed E-state index contributed by atoms with van der Waals surface area (Å²) < 4.78 is 38.7. The van der Waals surface area contributed by atoms with Gasteiger partial charge >= 0.3 is 6.18 Å². The van der Waals surface area contributed by atoms with Crippen LogP contribution in [0, 0.1) is 0 Å². The van der Waals surface area contributed by atoms with Crippen LogP contribution in [0.5, 0.6) is 0 Å². The SMILES string of the molecule is O=C(/C=C/c1ccc(Cl)c(C(F)(F)F)c1)N1CCCC(c2nccs2)C1. The molecule has 0 spiro atoms. The predicted octanol–water partition coefficient (Wildman–Crippen LogP) is 5.23. The van der Waals surface area contributed by atoms with Gasteiger partial charge in [0, 0.05) is 36.7 Å². The largest absolute Gasteiger partial charge is 0.417 e. The van der Waals surface area contributed by atoms with Gasteiger partial charge in [-0.1, -0.05) is 17.7 Å². The number of hydrogen-bond acceptors (Lipinski definition) is 3. The minimum absolute atomic E-state index is 0.213. The number of aromatic nitrogens is 1. The molecule has 0 radical (unpaired) electrons. The summed E-state index contributed by atoms with van der Waals surface area (Å²) >= 11 is 7.18. The van der Waals surface area contributed by atoms with Crippen LogP contribution < -0.4 is 0 Å². The lowest BCUT2D eigenvalue weighted by Gasteiger charge is -2.31. The molecule has 1 fully saturated rings. The van der Waals surface area contributed by atoms with Crippen molar-refractivity contribution in [1.82, 2.24) is 9.88 Å². The second kappa shape index (κ2) is 7.80. The highest BCUT2D eigenvalue weighted by molar-refractivity contribution is 7.09. The molecule has 1 aliphatic heterocycles. The Balaban J connectivity index is 1.69. The summed E-state index contributed by atoms with van der Waals surface area (Å²) in [6, 6.07) is 3.59. The van der Waals surface area contributed by atoms with E-state index in [1.165, 1.54) is 24.3 Å². The molecule has 26 heavy (non-hydrogen) atoms. The lowest BCUT2D eigenvalue weighted by atomic mass is 9.98. The van der Waals surface area contributed by atoms with Gasteiger partial charge in [-0.05, 0) is 36.6 Å². The third-order valence-electron chi connectivity index (χ3n) is 4.25. The van der Waals surface area contributed by atoms with Gasteiger partial charge in [0.1, 0.15) is 0 Å². The zero-order chi connectivity index (χ0) is 18.7. The second-order valence-electron chi connectivity index (χ2n) is 6.06. The van der Waals surface area contributed by atoms with Crippen LogP contribution in [-0.4, -0.2) is 28.9 Å². The molecule has 138 valence electrons. The third-order valence-corrected chi connectivity index (χ3v) is 5.52. The monoisotopic (exact) mass is 400 g/mol. The van der Waals surface area contributed by atoms with Gasteiger partial charge in [0.2, 0.25) is 5.91 Å². The van der Waals surface area contributed by atoms with E-state index in [4.69, 9.17) is 11.6 Å². The number of nitrogens with zero attached hydrogens (tertiary/aromatic N) is 2. The predicted molar refractivity (Wildman–Crippen MR) is 96.2 cm³/mol. The zero-order valence-corrected chi connectivity index (χ0v) is 15.2. The Kier molecular flexibility index (Phi) is 5.67. The van der Waals surface area contributed by atoms with Crippen molar-refractivity contribution in [3.63, 3.8) is 0 Å². The van der Waals surface area contributed by atoms with E-state index >= 15 is 0 Å². The van der Waals surface area contributed by atoms with Gasteiger partial charge in [0.05, 0.1) is 15.6 Å². The molecule has 2 aromatic rings. The van der Waals surface area contributed by atoms with Crippen molar-refractivity contribution in [1.29, 1.82) is 0 Å². The van der Waals surface area contributed by atoms with Gasteiger partial charge < -0.3 is 4.90 Å². The number of thiazole rings is 1. The van der Waals surface area contributed by atoms with Crippen LogP contribution in [0.1, 0.15) is 34.9 Å². The van der Waals surface area contributed by atoms with Gasteiger partial charge in [-0.25, -0.2) is 4.98 Å². The first-order valence-corrected chi connectivity index (χ1v) is 9.33. The third kappa shape index (κ3) is 4.45. The number of halogens is 4. The average molecular weight is 401 g/mol. The van der Waals surface area contributed by atoms with Crippen molar-refractivity contribution in [3.8, 4) is 0 Å². The van der Waals surface area contributed by atoms with Crippen LogP contribution in [0.3, 0.4) is 0 Å². The first-order chi connectivity index (χ1) is 12.3. The van der Waals surface area contributed by atoms with Crippen LogP contribution in [0.2, 0.25) is 5.02 Å². The van der Waals surface area contributed by atoms with E-state index in [0.29, 0.717) is 13.1 Å². The number of hydrogen-bond donors (Lipinski definition) is 0. The first kappa shape index (κ1) is 18.9. The number of carbonyl (C=O) groups excluding carboxylic acids is 1. The lowest BCUT2D eigenvalue weighted by Crippen LogP contribution is -2.38. The standard InChI is InChI=1S/C18H16ClF3N2OS/c19-15-5-3-12(10-14(15)18(20,21)22)4-6-16(25)24-8-1-2-13(11-24)17-23-7-9-26-17/h3-7,9-10,13H,1-2,8,11H2/b6-4+. The van der Waals surface area contributed by atoms with Crippen LogP contribution in [-0.2, 0) is 11.0 Å². The van der Waals surface area contributed by atoms with E-state index in [-0.39, 0.29) is 22.4 Å². The molecule has 0 bridgehead atoms. The average Bonchev–Trinajstić information content (AvgIpc) is 3.14. The minimum atomic E-state index is -4.53. The fourth-order valence-corrected chi connectivity index (χ4v) is 3.94. The van der Waals surface area contributed by atoms with Crippen molar-refractivity contribution in [2.75, 3.05) is 13.1 Å². The summed E-state index contributed by atoms with van der Waals surface area (Å²) in [4.78, 5) is 18.4. The van der Waals surface area contributed by atoms with E-state index in [0.717, 1.165) is 23.9 Å². The normalized spacial score (nSPS) is 18.5. The van der Waals surface area contributed by atoms with E-state index in [2.05, 4.69) is 4.98 Å².